The van der Waals surface area contributed by atoms with Crippen LogP contribution in [-0.2, 0) is 23.0 Å². The Morgan fingerprint density at radius 2 is 1.94 bits per heavy atom. The normalized spacial score (nSPS) is 19.3. The first-order valence-corrected chi connectivity index (χ1v) is 15.9. The number of fused-ring (bicyclic) bond motifs is 1. The molecule has 5 rings (SSSR count). The summed E-state index contributed by atoms with van der Waals surface area (Å²) in [7, 11) is -3.60. The molecule has 36 heavy (non-hydrogen) atoms. The van der Waals surface area contributed by atoms with Crippen molar-refractivity contribution >= 4 is 44.1 Å². The number of thiophene rings is 1. The second-order valence-electron chi connectivity index (χ2n) is 10.9. The molecule has 1 unspecified atom stereocenters. The van der Waals surface area contributed by atoms with Crippen molar-refractivity contribution in [2.75, 3.05) is 29.3 Å². The Morgan fingerprint density at radius 1 is 1.17 bits per heavy atom. The van der Waals surface area contributed by atoms with Gasteiger partial charge in [-0.15, -0.1) is 22.7 Å². The number of nitrogens with one attached hydrogen (secondary N) is 1. The van der Waals surface area contributed by atoms with Crippen LogP contribution < -0.4 is 9.62 Å². The van der Waals surface area contributed by atoms with E-state index in [1.807, 2.05) is 25.3 Å². The topological polar surface area (TPSA) is 65.5 Å². The highest BCUT2D eigenvalue weighted by molar-refractivity contribution is 7.94. The fourth-order valence-electron chi connectivity index (χ4n) is 5.45. The molecular weight excluding hydrogens is 509 g/mol. The molecular formula is C27H36N4O2S3. The SMILES string of the molecule is CCN(c1cccc2c1NC(c1ncc(CN3CCC(C(C)(C)C)CC3)s1)C2)S(=O)(=O)c1cccs1. The molecule has 0 radical (unpaired) electrons. The fraction of sp³-hybridized carbons (Fsp3) is 0.519. The first-order chi connectivity index (χ1) is 17.2. The van der Waals surface area contributed by atoms with Crippen LogP contribution >= 0.6 is 22.7 Å². The van der Waals surface area contributed by atoms with Crippen molar-refractivity contribution < 1.29 is 8.42 Å². The van der Waals surface area contributed by atoms with Crippen LogP contribution in [-0.4, -0.2) is 37.9 Å². The molecule has 0 amide bonds. The van der Waals surface area contributed by atoms with E-state index in [0.717, 1.165) is 48.2 Å². The van der Waals surface area contributed by atoms with Crippen molar-refractivity contribution in [1.29, 1.82) is 0 Å². The predicted molar refractivity (Wildman–Crippen MR) is 151 cm³/mol. The highest BCUT2D eigenvalue weighted by Crippen LogP contribution is 2.43. The Morgan fingerprint density at radius 3 is 2.61 bits per heavy atom. The summed E-state index contributed by atoms with van der Waals surface area (Å²) in [4.78, 5) is 8.64. The molecule has 1 atom stereocenters. The number of aromatic nitrogens is 1. The Kier molecular flexibility index (Phi) is 7.20. The van der Waals surface area contributed by atoms with Crippen LogP contribution in [0.1, 0.15) is 62.0 Å². The lowest BCUT2D eigenvalue weighted by Gasteiger charge is -2.38. The minimum Gasteiger partial charge on any atom is -0.374 e. The second kappa shape index (κ2) is 10.1. The maximum atomic E-state index is 13.3. The molecule has 0 aliphatic carbocycles. The van der Waals surface area contributed by atoms with Crippen LogP contribution in [0.25, 0.3) is 0 Å². The minimum atomic E-state index is -3.60. The van der Waals surface area contributed by atoms with E-state index in [9.17, 15) is 8.42 Å². The van der Waals surface area contributed by atoms with Gasteiger partial charge in [0.25, 0.3) is 10.0 Å². The van der Waals surface area contributed by atoms with Crippen LogP contribution in [0.2, 0.25) is 0 Å². The Balaban J connectivity index is 1.29. The van der Waals surface area contributed by atoms with E-state index < -0.39 is 10.0 Å². The van der Waals surface area contributed by atoms with E-state index in [4.69, 9.17) is 4.98 Å². The van der Waals surface area contributed by atoms with Gasteiger partial charge in [-0.1, -0.05) is 39.0 Å². The van der Waals surface area contributed by atoms with Gasteiger partial charge in [-0.3, -0.25) is 9.21 Å². The third kappa shape index (κ3) is 5.08. The summed E-state index contributed by atoms with van der Waals surface area (Å²) in [5.74, 6) is 0.799. The number of anilines is 2. The van der Waals surface area contributed by atoms with Gasteiger partial charge >= 0.3 is 0 Å². The highest BCUT2D eigenvalue weighted by atomic mass is 32.2. The molecule has 9 heteroatoms. The summed E-state index contributed by atoms with van der Waals surface area (Å²) >= 11 is 3.03. The molecule has 1 N–H and O–H groups in total. The quantitative estimate of drug-likeness (QED) is 0.374. The van der Waals surface area contributed by atoms with E-state index in [1.54, 1.807) is 28.8 Å². The van der Waals surface area contributed by atoms with Crippen molar-refractivity contribution in [3.05, 3.63) is 57.4 Å². The summed E-state index contributed by atoms with van der Waals surface area (Å²) in [6.07, 6.45) is 5.37. The van der Waals surface area contributed by atoms with E-state index in [2.05, 4.69) is 37.1 Å². The zero-order chi connectivity index (χ0) is 25.5. The number of para-hydroxylation sites is 1. The third-order valence-corrected chi connectivity index (χ3v) is 11.9. The maximum Gasteiger partial charge on any atom is 0.273 e. The molecule has 3 aromatic rings. The van der Waals surface area contributed by atoms with Gasteiger partial charge in [0.1, 0.15) is 9.22 Å². The molecule has 2 aliphatic heterocycles. The van der Waals surface area contributed by atoms with Gasteiger partial charge in [0, 0.05) is 30.6 Å². The van der Waals surface area contributed by atoms with Gasteiger partial charge in [-0.2, -0.15) is 0 Å². The van der Waals surface area contributed by atoms with E-state index in [1.165, 1.54) is 33.4 Å². The summed E-state index contributed by atoms with van der Waals surface area (Å²) < 4.78 is 28.6. The smallest absolute Gasteiger partial charge is 0.273 e. The number of hydrogen-bond acceptors (Lipinski definition) is 7. The summed E-state index contributed by atoms with van der Waals surface area (Å²) in [5, 5.41) is 6.50. The molecule has 6 nitrogen and oxygen atoms in total. The summed E-state index contributed by atoms with van der Waals surface area (Å²) in [6, 6.07) is 9.46. The first kappa shape index (κ1) is 25.7. The fourth-order valence-corrected chi connectivity index (χ4v) is 9.05. The van der Waals surface area contributed by atoms with Gasteiger partial charge in [0.15, 0.2) is 0 Å². The van der Waals surface area contributed by atoms with Crippen molar-refractivity contribution in [1.82, 2.24) is 9.88 Å². The molecule has 4 heterocycles. The molecule has 2 aliphatic rings. The molecule has 194 valence electrons. The Hall–Kier alpha value is -1.94. The van der Waals surface area contributed by atoms with Gasteiger partial charge < -0.3 is 5.32 Å². The largest absolute Gasteiger partial charge is 0.374 e. The van der Waals surface area contributed by atoms with Crippen molar-refractivity contribution in [3.8, 4) is 0 Å². The van der Waals surface area contributed by atoms with Crippen molar-refractivity contribution in [3.63, 3.8) is 0 Å². The minimum absolute atomic E-state index is 0.0645. The van der Waals surface area contributed by atoms with E-state index >= 15 is 0 Å². The average Bonchev–Trinajstić information content (AvgIpc) is 3.60. The van der Waals surface area contributed by atoms with Crippen LogP contribution in [0.5, 0.6) is 0 Å². The van der Waals surface area contributed by atoms with Crippen molar-refractivity contribution in [2.24, 2.45) is 11.3 Å². The van der Waals surface area contributed by atoms with Gasteiger partial charge in [0.2, 0.25) is 0 Å². The standard InChI is InChI=1S/C27H36N4O2S3/c1-5-31(36(32,33)24-10-7-15-34-24)23-9-6-8-19-16-22(29-25(19)23)26-28-17-21(35-26)18-30-13-11-20(12-14-30)27(2,3)4/h6-10,15,17,20,22,29H,5,11-14,16,18H2,1-4H3. The lowest BCUT2D eigenvalue weighted by atomic mass is 9.75. The van der Waals surface area contributed by atoms with Gasteiger partial charge in [0.05, 0.1) is 17.4 Å². The number of thiazole rings is 1. The molecule has 1 aromatic carbocycles. The van der Waals surface area contributed by atoms with Crippen LogP contribution in [0, 0.1) is 11.3 Å². The molecule has 0 bridgehead atoms. The lowest BCUT2D eigenvalue weighted by molar-refractivity contribution is 0.108. The lowest BCUT2D eigenvalue weighted by Crippen LogP contribution is -2.37. The second-order valence-corrected chi connectivity index (χ2v) is 15.1. The molecule has 1 saturated heterocycles. The number of benzene rings is 1. The van der Waals surface area contributed by atoms with Crippen LogP contribution in [0.3, 0.4) is 0 Å². The van der Waals surface area contributed by atoms with Gasteiger partial charge in [-0.05, 0) is 67.3 Å². The third-order valence-electron chi connectivity index (χ3n) is 7.53. The Bertz CT molecular complexity index is 1290. The number of rotatable bonds is 7. The van der Waals surface area contributed by atoms with Gasteiger partial charge in [-0.25, -0.2) is 13.4 Å². The maximum absolute atomic E-state index is 13.3. The number of likely N-dealkylation sites (tertiary alicyclic amines) is 1. The highest BCUT2D eigenvalue weighted by Gasteiger charge is 2.33. The predicted octanol–water partition coefficient (Wildman–Crippen LogP) is 6.39. The zero-order valence-electron chi connectivity index (χ0n) is 21.5. The first-order valence-electron chi connectivity index (χ1n) is 12.8. The van der Waals surface area contributed by atoms with Crippen molar-refractivity contribution in [2.45, 2.75) is 63.8 Å². The Labute approximate surface area is 223 Å². The van der Waals surface area contributed by atoms with Crippen LogP contribution in [0.15, 0.2) is 46.1 Å². The van der Waals surface area contributed by atoms with E-state index in [0.29, 0.717) is 21.9 Å². The average molecular weight is 545 g/mol. The number of piperidine rings is 1. The summed E-state index contributed by atoms with van der Waals surface area (Å²) in [5.41, 5.74) is 3.15. The number of nitrogens with zero attached hydrogens (tertiary/aromatic N) is 3. The number of sulfonamides is 1. The number of hydrogen-bond donors (Lipinski definition) is 1. The van der Waals surface area contributed by atoms with E-state index in [-0.39, 0.29) is 6.04 Å². The molecule has 0 saturated carbocycles. The zero-order valence-corrected chi connectivity index (χ0v) is 24.0. The molecule has 2 aromatic heterocycles. The monoisotopic (exact) mass is 544 g/mol. The van der Waals surface area contributed by atoms with Crippen LogP contribution in [0.4, 0.5) is 11.4 Å². The summed E-state index contributed by atoms with van der Waals surface area (Å²) in [6.45, 7) is 12.6. The molecule has 0 spiro atoms. The molecule has 1 fully saturated rings.